The monoisotopic (exact) mass is 169 g/mol. The fourth-order valence-corrected chi connectivity index (χ4v) is 0.362. The van der Waals surface area contributed by atoms with Gasteiger partial charge in [-0.25, -0.2) is 0 Å². The molecule has 0 radical (unpaired) electrons. The number of aliphatic hydroxyl groups excluding tert-OH is 1. The molecule has 0 aliphatic carbocycles. The van der Waals surface area contributed by atoms with E-state index in [1.807, 2.05) is 0 Å². The van der Waals surface area contributed by atoms with Crippen molar-refractivity contribution < 1.29 is 31.6 Å². The fraction of sp³-hybridized carbons (Fsp3) is 1.00. The van der Waals surface area contributed by atoms with E-state index in [1.54, 1.807) is 0 Å². The summed E-state index contributed by atoms with van der Waals surface area (Å²) < 4.78 is 15.8. The van der Waals surface area contributed by atoms with Gasteiger partial charge in [-0.3, -0.25) is 0 Å². The van der Waals surface area contributed by atoms with E-state index in [2.05, 4.69) is 6.92 Å². The van der Waals surface area contributed by atoms with Crippen molar-refractivity contribution in [2.45, 2.75) is 26.2 Å². The van der Waals surface area contributed by atoms with E-state index in [1.165, 1.54) is 6.42 Å². The van der Waals surface area contributed by atoms with E-state index < -0.39 is 19.5 Å². The van der Waals surface area contributed by atoms with E-state index in [4.69, 9.17) is 12.1 Å². The molecule has 55 valence electrons. The predicted molar refractivity (Wildman–Crippen MR) is 29.5 cm³/mol. The molecule has 0 aromatic rings. The first-order chi connectivity index (χ1) is 4.33. The topological polar surface area (TPSA) is 57.5 Å². The average molecular weight is 169 g/mol. The predicted octanol–water partition coefficient (Wildman–Crippen LogP) is 0.491. The van der Waals surface area contributed by atoms with Crippen molar-refractivity contribution in [1.82, 2.24) is 0 Å². The second kappa shape index (κ2) is 15.8. The van der Waals surface area contributed by atoms with Crippen molar-refractivity contribution in [2.75, 3.05) is 6.61 Å². The third kappa shape index (κ3) is 29.6. The Kier molecular flexibility index (Phi) is 21.3. The number of aliphatic hydroxyl groups is 1. The van der Waals surface area contributed by atoms with Gasteiger partial charge in [0.25, 0.3) is 0 Å². The van der Waals surface area contributed by atoms with E-state index >= 15 is 0 Å². The van der Waals surface area contributed by atoms with Gasteiger partial charge in [0.1, 0.15) is 0 Å². The first-order valence-corrected chi connectivity index (χ1v) is 4.29. The van der Waals surface area contributed by atoms with Crippen LogP contribution in [0.1, 0.15) is 26.2 Å². The molecule has 0 fully saturated rings. The van der Waals surface area contributed by atoms with Crippen LogP contribution in [0.4, 0.5) is 0 Å². The summed E-state index contributed by atoms with van der Waals surface area (Å²) in [7, 11) is 0. The molecule has 0 saturated carbocycles. The first-order valence-electron chi connectivity index (χ1n) is 2.95. The molecular formula is C5H13O3Ti. The van der Waals surface area contributed by atoms with Crippen LogP contribution in [0.5, 0.6) is 0 Å². The van der Waals surface area contributed by atoms with Crippen LogP contribution in [-0.4, -0.2) is 15.4 Å². The Balaban J connectivity index is 0. The Morgan fingerprint density at radius 1 is 1.44 bits per heavy atom. The van der Waals surface area contributed by atoms with Gasteiger partial charge in [-0.05, 0) is 6.42 Å². The second-order valence-electron chi connectivity index (χ2n) is 1.52. The second-order valence-corrected chi connectivity index (χ2v) is 1.81. The maximum absolute atomic E-state index is 8.61. The molecule has 0 spiro atoms. The van der Waals surface area contributed by atoms with Gasteiger partial charge in [0.2, 0.25) is 0 Å². The quantitative estimate of drug-likeness (QED) is 0.477. The third-order valence-corrected chi connectivity index (χ3v) is 0.762. The molecule has 2 N–H and O–H groups in total. The van der Waals surface area contributed by atoms with Crippen molar-refractivity contribution >= 4 is 0 Å². The summed E-state index contributed by atoms with van der Waals surface area (Å²) in [5, 5.41) is 8.20. The van der Waals surface area contributed by atoms with Gasteiger partial charge >= 0.3 is 26.5 Å². The van der Waals surface area contributed by atoms with Crippen LogP contribution in [0.3, 0.4) is 0 Å². The molecule has 0 atom stereocenters. The molecule has 0 heterocycles. The molecule has 9 heavy (non-hydrogen) atoms. The zero-order valence-electron chi connectivity index (χ0n) is 5.63. The van der Waals surface area contributed by atoms with Gasteiger partial charge in [0.05, 0.1) is 0 Å². The maximum atomic E-state index is 8.61. The standard InChI is InChI=1S/C5H12O.H2O.O.Ti/c1-2-3-4-5-6;;;/h6H,2-5H2,1H3;1H2;;/q;;;+1/p-1. The zero-order valence-corrected chi connectivity index (χ0v) is 7.19. The minimum absolute atomic E-state index is 0.355. The van der Waals surface area contributed by atoms with Crippen LogP contribution in [0.15, 0.2) is 0 Å². The SMILES string of the molecule is CCCCCO.[O]=[Ti][OH]. The number of rotatable bonds is 3. The third-order valence-electron chi connectivity index (χ3n) is 0.762. The molecular weight excluding hydrogens is 156 g/mol. The summed E-state index contributed by atoms with van der Waals surface area (Å²) in [6.07, 6.45) is 3.33. The van der Waals surface area contributed by atoms with E-state index in [0.29, 0.717) is 6.61 Å². The Bertz CT molecular complexity index is 45.5. The number of hydrogen-bond acceptors (Lipinski definition) is 2. The molecule has 0 unspecified atom stereocenters. The molecule has 0 aliphatic rings. The fourth-order valence-electron chi connectivity index (χ4n) is 0.362. The number of unbranched alkanes of at least 4 members (excludes halogenated alkanes) is 2. The molecule has 0 saturated heterocycles. The Labute approximate surface area is 64.8 Å². The van der Waals surface area contributed by atoms with Crippen LogP contribution < -0.4 is 0 Å². The van der Waals surface area contributed by atoms with Crippen LogP contribution in [0, 0.1) is 0 Å². The normalized spacial score (nSPS) is 7.00. The molecule has 0 amide bonds. The summed E-state index contributed by atoms with van der Waals surface area (Å²) in [4.78, 5) is 0. The minimum atomic E-state index is -1.75. The number of hydrogen-bond donors (Lipinski definition) is 2. The van der Waals surface area contributed by atoms with Crippen LogP contribution in [-0.2, 0) is 22.8 Å². The zero-order chi connectivity index (χ0) is 7.54. The van der Waals surface area contributed by atoms with Crippen molar-refractivity contribution in [1.29, 1.82) is 0 Å². The van der Waals surface area contributed by atoms with Crippen LogP contribution in [0.25, 0.3) is 0 Å². The molecule has 0 aliphatic heterocycles. The van der Waals surface area contributed by atoms with Crippen LogP contribution >= 0.6 is 0 Å². The molecule has 0 bridgehead atoms. The van der Waals surface area contributed by atoms with Crippen molar-refractivity contribution in [3.05, 3.63) is 0 Å². The van der Waals surface area contributed by atoms with Gasteiger partial charge in [0, 0.05) is 6.61 Å². The summed E-state index contributed by atoms with van der Waals surface area (Å²) in [5.41, 5.74) is 0. The van der Waals surface area contributed by atoms with Crippen LogP contribution in [0.2, 0.25) is 0 Å². The first kappa shape index (κ1) is 12.1. The van der Waals surface area contributed by atoms with Gasteiger partial charge in [-0.15, -0.1) is 0 Å². The summed E-state index contributed by atoms with van der Waals surface area (Å²) in [6.45, 7) is 2.48. The van der Waals surface area contributed by atoms with Crippen molar-refractivity contribution in [3.8, 4) is 0 Å². The molecule has 0 aromatic carbocycles. The van der Waals surface area contributed by atoms with Crippen molar-refractivity contribution in [3.63, 3.8) is 0 Å². The van der Waals surface area contributed by atoms with E-state index in [-0.39, 0.29) is 0 Å². The van der Waals surface area contributed by atoms with E-state index in [0.717, 1.165) is 12.8 Å². The Morgan fingerprint density at radius 2 is 1.89 bits per heavy atom. The summed E-state index contributed by atoms with van der Waals surface area (Å²) >= 11 is -1.75. The van der Waals surface area contributed by atoms with Gasteiger partial charge in [0.15, 0.2) is 0 Å². The van der Waals surface area contributed by atoms with Gasteiger partial charge < -0.3 is 5.11 Å². The Morgan fingerprint density at radius 3 is 2.00 bits per heavy atom. The molecule has 0 aromatic heterocycles. The Hall–Kier alpha value is 0.434. The molecule has 3 nitrogen and oxygen atoms in total. The van der Waals surface area contributed by atoms with Gasteiger partial charge in [-0.2, -0.15) is 0 Å². The van der Waals surface area contributed by atoms with E-state index in [9.17, 15) is 0 Å². The average Bonchev–Trinajstić information content (AvgIpc) is 1.86. The molecule has 0 rings (SSSR count). The summed E-state index contributed by atoms with van der Waals surface area (Å²) in [5.74, 6) is 0. The van der Waals surface area contributed by atoms with Gasteiger partial charge in [-0.1, -0.05) is 19.8 Å². The van der Waals surface area contributed by atoms with Crippen molar-refractivity contribution in [2.24, 2.45) is 0 Å². The molecule has 4 heteroatoms. The summed E-state index contributed by atoms with van der Waals surface area (Å²) in [6, 6.07) is 0.